The minimum absolute atomic E-state index is 0.0323. The summed E-state index contributed by atoms with van der Waals surface area (Å²) in [5.74, 6) is 0. The van der Waals surface area contributed by atoms with E-state index in [0.29, 0.717) is 0 Å². The highest BCUT2D eigenvalue weighted by molar-refractivity contribution is 14.1. The van der Waals surface area contributed by atoms with Crippen molar-refractivity contribution in [3.8, 4) is 0 Å². The Morgan fingerprint density at radius 2 is 1.80 bits per heavy atom. The zero-order valence-electron chi connectivity index (χ0n) is 13.8. The van der Waals surface area contributed by atoms with Gasteiger partial charge in [-0.05, 0) is 71.5 Å². The standard InChI is InChI=1S/C21H18IN3/c1-14-20(18-6-2-3-7-19(18)24-14)21(15-5-4-12-23-13-15)25-17-10-8-16(22)9-11-17/h2-13,21,24-25H,1H3. The van der Waals surface area contributed by atoms with E-state index in [-0.39, 0.29) is 6.04 Å². The molecule has 0 bridgehead atoms. The van der Waals surface area contributed by atoms with Crippen molar-refractivity contribution in [2.45, 2.75) is 13.0 Å². The molecule has 4 rings (SSSR count). The normalized spacial score (nSPS) is 12.2. The highest BCUT2D eigenvalue weighted by Crippen LogP contribution is 2.34. The van der Waals surface area contributed by atoms with Crippen LogP contribution in [0.15, 0.2) is 73.1 Å². The first-order chi connectivity index (χ1) is 12.2. The summed E-state index contributed by atoms with van der Waals surface area (Å²) in [4.78, 5) is 7.84. The first-order valence-corrected chi connectivity index (χ1v) is 9.29. The number of H-pyrrole nitrogens is 1. The van der Waals surface area contributed by atoms with Gasteiger partial charge in [-0.2, -0.15) is 0 Å². The lowest BCUT2D eigenvalue weighted by atomic mass is 9.97. The molecule has 2 N–H and O–H groups in total. The zero-order valence-corrected chi connectivity index (χ0v) is 16.0. The molecule has 0 amide bonds. The summed E-state index contributed by atoms with van der Waals surface area (Å²) in [6, 6.07) is 21.1. The summed E-state index contributed by atoms with van der Waals surface area (Å²) in [6.45, 7) is 2.13. The van der Waals surface area contributed by atoms with Crippen molar-refractivity contribution < 1.29 is 0 Å². The number of hydrogen-bond acceptors (Lipinski definition) is 2. The maximum Gasteiger partial charge on any atom is 0.0805 e. The van der Waals surface area contributed by atoms with Crippen LogP contribution in [0.2, 0.25) is 0 Å². The van der Waals surface area contributed by atoms with Crippen LogP contribution in [0.1, 0.15) is 22.9 Å². The first-order valence-electron chi connectivity index (χ1n) is 8.21. The Morgan fingerprint density at radius 3 is 2.56 bits per heavy atom. The number of para-hydroxylation sites is 1. The molecule has 0 aliphatic rings. The van der Waals surface area contributed by atoms with Gasteiger partial charge in [0.2, 0.25) is 0 Å². The second kappa shape index (κ2) is 6.88. The third kappa shape index (κ3) is 3.26. The summed E-state index contributed by atoms with van der Waals surface area (Å²) in [7, 11) is 0. The van der Waals surface area contributed by atoms with Crippen molar-refractivity contribution in [3.63, 3.8) is 0 Å². The van der Waals surface area contributed by atoms with Crippen molar-refractivity contribution in [1.29, 1.82) is 0 Å². The number of rotatable bonds is 4. The van der Waals surface area contributed by atoms with Gasteiger partial charge in [-0.25, -0.2) is 0 Å². The minimum Gasteiger partial charge on any atom is -0.374 e. The SMILES string of the molecule is Cc1[nH]c2ccccc2c1C(Nc1ccc(I)cc1)c1cccnc1. The Hall–Kier alpha value is -2.34. The molecule has 124 valence electrons. The van der Waals surface area contributed by atoms with E-state index in [1.54, 1.807) is 0 Å². The van der Waals surface area contributed by atoms with Crippen molar-refractivity contribution in [1.82, 2.24) is 9.97 Å². The van der Waals surface area contributed by atoms with Gasteiger partial charge in [0.25, 0.3) is 0 Å². The third-order valence-electron chi connectivity index (χ3n) is 4.41. The zero-order chi connectivity index (χ0) is 17.2. The Bertz CT molecular complexity index is 991. The van der Waals surface area contributed by atoms with Gasteiger partial charge < -0.3 is 10.3 Å². The molecule has 2 aromatic carbocycles. The molecule has 0 fully saturated rings. The quantitative estimate of drug-likeness (QED) is 0.402. The lowest BCUT2D eigenvalue weighted by Gasteiger charge is -2.21. The number of aryl methyl sites for hydroxylation is 1. The smallest absolute Gasteiger partial charge is 0.0805 e. The van der Waals surface area contributed by atoms with Gasteiger partial charge >= 0.3 is 0 Å². The molecule has 4 heteroatoms. The van der Waals surface area contributed by atoms with Crippen LogP contribution in [0.4, 0.5) is 5.69 Å². The molecular weight excluding hydrogens is 421 g/mol. The number of aromatic nitrogens is 2. The molecule has 0 saturated heterocycles. The molecule has 4 aromatic rings. The van der Waals surface area contributed by atoms with E-state index in [9.17, 15) is 0 Å². The van der Waals surface area contributed by atoms with Crippen LogP contribution in [-0.4, -0.2) is 9.97 Å². The Kier molecular flexibility index (Phi) is 4.44. The highest BCUT2D eigenvalue weighted by atomic mass is 127. The van der Waals surface area contributed by atoms with Gasteiger partial charge in [0.15, 0.2) is 0 Å². The van der Waals surface area contributed by atoms with Crippen LogP contribution < -0.4 is 5.32 Å². The number of benzene rings is 2. The summed E-state index contributed by atoms with van der Waals surface area (Å²) < 4.78 is 1.23. The summed E-state index contributed by atoms with van der Waals surface area (Å²) >= 11 is 2.33. The molecule has 0 aliphatic heterocycles. The van der Waals surface area contributed by atoms with E-state index < -0.39 is 0 Å². The number of halogens is 1. The molecule has 1 atom stereocenters. The van der Waals surface area contributed by atoms with E-state index in [0.717, 1.165) is 16.8 Å². The fourth-order valence-electron chi connectivity index (χ4n) is 3.25. The number of fused-ring (bicyclic) bond motifs is 1. The van der Waals surface area contributed by atoms with E-state index in [2.05, 4.69) is 99.4 Å². The van der Waals surface area contributed by atoms with Gasteiger partial charge in [-0.1, -0.05) is 24.3 Å². The summed E-state index contributed by atoms with van der Waals surface area (Å²) in [6.07, 6.45) is 3.75. The predicted molar refractivity (Wildman–Crippen MR) is 112 cm³/mol. The molecule has 0 aliphatic carbocycles. The number of pyridine rings is 1. The number of aromatic amines is 1. The lowest BCUT2D eigenvalue weighted by molar-refractivity contribution is 0.922. The van der Waals surface area contributed by atoms with Crippen LogP contribution in [0.5, 0.6) is 0 Å². The lowest BCUT2D eigenvalue weighted by Crippen LogP contribution is -2.13. The summed E-state index contributed by atoms with van der Waals surface area (Å²) in [5.41, 5.74) is 5.84. The molecule has 0 radical (unpaired) electrons. The molecule has 2 heterocycles. The predicted octanol–water partition coefficient (Wildman–Crippen LogP) is 5.68. The minimum atomic E-state index is 0.0323. The van der Waals surface area contributed by atoms with Crippen LogP contribution in [-0.2, 0) is 0 Å². The highest BCUT2D eigenvalue weighted by Gasteiger charge is 2.21. The van der Waals surface area contributed by atoms with Gasteiger partial charge in [0, 0.05) is 43.8 Å². The molecular formula is C21H18IN3. The van der Waals surface area contributed by atoms with E-state index in [1.165, 1.54) is 20.2 Å². The maximum absolute atomic E-state index is 4.33. The largest absolute Gasteiger partial charge is 0.374 e. The number of nitrogens with zero attached hydrogens (tertiary/aromatic N) is 1. The number of anilines is 1. The topological polar surface area (TPSA) is 40.7 Å². The number of nitrogens with one attached hydrogen (secondary N) is 2. The van der Waals surface area contributed by atoms with Crippen LogP contribution in [0.3, 0.4) is 0 Å². The summed E-state index contributed by atoms with van der Waals surface area (Å²) in [5, 5.41) is 4.94. The Morgan fingerprint density at radius 1 is 1.00 bits per heavy atom. The van der Waals surface area contributed by atoms with E-state index in [1.807, 2.05) is 18.5 Å². The molecule has 0 spiro atoms. The first kappa shape index (κ1) is 16.1. The van der Waals surface area contributed by atoms with Crippen molar-refractivity contribution in [2.24, 2.45) is 0 Å². The number of hydrogen-bond donors (Lipinski definition) is 2. The van der Waals surface area contributed by atoms with Crippen LogP contribution in [0, 0.1) is 10.5 Å². The Balaban J connectivity index is 1.85. The fourth-order valence-corrected chi connectivity index (χ4v) is 3.61. The average Bonchev–Trinajstić information content (AvgIpc) is 2.98. The molecule has 1 unspecified atom stereocenters. The molecule has 2 aromatic heterocycles. The fraction of sp³-hybridized carbons (Fsp3) is 0.0952. The molecule has 25 heavy (non-hydrogen) atoms. The van der Waals surface area contributed by atoms with E-state index in [4.69, 9.17) is 0 Å². The second-order valence-corrected chi connectivity index (χ2v) is 7.33. The monoisotopic (exact) mass is 439 g/mol. The van der Waals surface area contributed by atoms with Crippen LogP contribution in [0.25, 0.3) is 10.9 Å². The molecule has 3 nitrogen and oxygen atoms in total. The van der Waals surface area contributed by atoms with Gasteiger partial charge in [-0.3, -0.25) is 4.98 Å². The van der Waals surface area contributed by atoms with E-state index >= 15 is 0 Å². The third-order valence-corrected chi connectivity index (χ3v) is 5.12. The van der Waals surface area contributed by atoms with Crippen molar-refractivity contribution in [3.05, 3.63) is 93.4 Å². The van der Waals surface area contributed by atoms with Crippen LogP contribution >= 0.6 is 22.6 Å². The molecule has 0 saturated carbocycles. The van der Waals surface area contributed by atoms with Crippen molar-refractivity contribution >= 4 is 39.2 Å². The van der Waals surface area contributed by atoms with Gasteiger partial charge in [0.1, 0.15) is 0 Å². The average molecular weight is 439 g/mol. The van der Waals surface area contributed by atoms with Gasteiger partial charge in [0.05, 0.1) is 6.04 Å². The maximum atomic E-state index is 4.33. The van der Waals surface area contributed by atoms with Gasteiger partial charge in [-0.15, -0.1) is 0 Å². The second-order valence-electron chi connectivity index (χ2n) is 6.08. The Labute approximate surface area is 160 Å². The van der Waals surface area contributed by atoms with Crippen molar-refractivity contribution in [2.75, 3.05) is 5.32 Å².